The Bertz CT molecular complexity index is 407. The fourth-order valence-corrected chi connectivity index (χ4v) is 1.74. The highest BCUT2D eigenvalue weighted by molar-refractivity contribution is 9.10. The van der Waals surface area contributed by atoms with Crippen molar-refractivity contribution in [3.8, 4) is 5.75 Å². The summed E-state index contributed by atoms with van der Waals surface area (Å²) in [4.78, 5) is 11.4. The minimum Gasteiger partial charge on any atom is -0.480 e. The number of hydrogen-bond donors (Lipinski definition) is 2. The molecule has 94 valence electrons. The molecule has 0 bridgehead atoms. The largest absolute Gasteiger partial charge is 0.480 e. The van der Waals surface area contributed by atoms with Gasteiger partial charge in [-0.15, -0.1) is 0 Å². The second kappa shape index (κ2) is 6.02. The molecule has 4 nitrogen and oxygen atoms in total. The number of ether oxygens (including phenoxy) is 1. The van der Waals surface area contributed by atoms with Crippen LogP contribution in [0.5, 0.6) is 5.75 Å². The molecule has 0 saturated carbocycles. The zero-order chi connectivity index (χ0) is 13.0. The molecule has 0 fully saturated rings. The lowest BCUT2D eigenvalue weighted by molar-refractivity contribution is -0.126. The Morgan fingerprint density at radius 1 is 1.47 bits per heavy atom. The molecule has 2 N–H and O–H groups in total. The average molecular weight is 302 g/mol. The first kappa shape index (κ1) is 14.0. The molecule has 1 unspecified atom stereocenters. The van der Waals surface area contributed by atoms with E-state index in [1.165, 1.54) is 0 Å². The van der Waals surface area contributed by atoms with Gasteiger partial charge in [0.25, 0.3) is 5.91 Å². The number of aliphatic hydroxyl groups is 1. The zero-order valence-electron chi connectivity index (χ0n) is 10.0. The molecule has 0 aliphatic heterocycles. The molecule has 0 aromatic heterocycles. The summed E-state index contributed by atoms with van der Waals surface area (Å²) in [6.07, 6.45) is -1.25. The van der Waals surface area contributed by atoms with Crippen LogP contribution in [0.4, 0.5) is 0 Å². The van der Waals surface area contributed by atoms with Gasteiger partial charge in [0, 0.05) is 17.1 Å². The van der Waals surface area contributed by atoms with Gasteiger partial charge in [-0.1, -0.05) is 22.0 Å². The van der Waals surface area contributed by atoms with Crippen molar-refractivity contribution in [1.82, 2.24) is 5.32 Å². The monoisotopic (exact) mass is 301 g/mol. The van der Waals surface area contributed by atoms with Gasteiger partial charge in [0.2, 0.25) is 0 Å². The van der Waals surface area contributed by atoms with Gasteiger partial charge in [0.1, 0.15) is 5.75 Å². The third-order valence-electron chi connectivity index (χ3n) is 2.35. The number of carbonyl (C=O) groups is 1. The van der Waals surface area contributed by atoms with Crippen molar-refractivity contribution < 1.29 is 14.6 Å². The van der Waals surface area contributed by atoms with Gasteiger partial charge < -0.3 is 15.2 Å². The highest BCUT2D eigenvalue weighted by atomic mass is 79.9. The molecular formula is C12H16BrNO3. The second-order valence-corrected chi connectivity index (χ2v) is 4.65. The van der Waals surface area contributed by atoms with Crippen LogP contribution in [0, 0.1) is 0 Å². The fourth-order valence-electron chi connectivity index (χ4n) is 1.40. The number of carbonyl (C=O) groups excluding carboxylic acids is 1. The lowest BCUT2D eigenvalue weighted by atomic mass is 10.1. The number of amides is 1. The van der Waals surface area contributed by atoms with E-state index in [9.17, 15) is 9.90 Å². The standard InChI is InChI=1S/C12H16BrNO3/c1-7(15)10-5-4-9(13)6-11(10)17-8(2)12(16)14-3/h4-8,15H,1-3H3,(H,14,16)/t7-,8?/m0/s1. The van der Waals surface area contributed by atoms with E-state index in [2.05, 4.69) is 21.2 Å². The summed E-state index contributed by atoms with van der Waals surface area (Å²) in [6, 6.07) is 5.32. The predicted octanol–water partition coefficient (Wildman–Crippen LogP) is 2.02. The van der Waals surface area contributed by atoms with E-state index in [0.717, 1.165) is 4.47 Å². The van der Waals surface area contributed by atoms with Crippen LogP contribution >= 0.6 is 15.9 Å². The van der Waals surface area contributed by atoms with E-state index in [-0.39, 0.29) is 5.91 Å². The third-order valence-corrected chi connectivity index (χ3v) is 2.84. The number of halogens is 1. The Morgan fingerprint density at radius 3 is 2.65 bits per heavy atom. The lowest BCUT2D eigenvalue weighted by Gasteiger charge is -2.17. The van der Waals surface area contributed by atoms with Crippen LogP contribution in [-0.4, -0.2) is 24.2 Å². The third kappa shape index (κ3) is 3.71. The summed E-state index contributed by atoms with van der Waals surface area (Å²) in [5.41, 5.74) is 0.656. The molecule has 1 aromatic carbocycles. The quantitative estimate of drug-likeness (QED) is 0.894. The van der Waals surface area contributed by atoms with Crippen molar-refractivity contribution in [3.05, 3.63) is 28.2 Å². The van der Waals surface area contributed by atoms with Crippen LogP contribution in [0.15, 0.2) is 22.7 Å². The van der Waals surface area contributed by atoms with Crippen LogP contribution in [0.1, 0.15) is 25.5 Å². The summed E-state index contributed by atoms with van der Waals surface area (Å²) < 4.78 is 6.37. The molecule has 1 rings (SSSR count). The van der Waals surface area contributed by atoms with E-state index < -0.39 is 12.2 Å². The van der Waals surface area contributed by atoms with Crippen molar-refractivity contribution in [3.63, 3.8) is 0 Å². The minimum atomic E-state index is -0.644. The van der Waals surface area contributed by atoms with Gasteiger partial charge in [-0.2, -0.15) is 0 Å². The van der Waals surface area contributed by atoms with Crippen molar-refractivity contribution >= 4 is 21.8 Å². The molecule has 5 heteroatoms. The van der Waals surface area contributed by atoms with Crippen LogP contribution in [0.3, 0.4) is 0 Å². The number of likely N-dealkylation sites (N-methyl/N-ethyl adjacent to an activating group) is 1. The Labute approximate surface area is 109 Å². The van der Waals surface area contributed by atoms with E-state index in [1.807, 2.05) is 6.07 Å². The maximum Gasteiger partial charge on any atom is 0.260 e. The van der Waals surface area contributed by atoms with Crippen molar-refractivity contribution in [1.29, 1.82) is 0 Å². The maximum atomic E-state index is 11.4. The first-order valence-corrected chi connectivity index (χ1v) is 6.10. The van der Waals surface area contributed by atoms with Crippen LogP contribution in [-0.2, 0) is 4.79 Å². The van der Waals surface area contributed by atoms with Crippen LogP contribution < -0.4 is 10.1 Å². The normalized spacial score (nSPS) is 13.9. The van der Waals surface area contributed by atoms with E-state index in [0.29, 0.717) is 11.3 Å². The Morgan fingerprint density at radius 2 is 2.12 bits per heavy atom. The molecule has 1 amide bonds. The maximum absolute atomic E-state index is 11.4. The van der Waals surface area contributed by atoms with Gasteiger partial charge >= 0.3 is 0 Å². The SMILES string of the molecule is CNC(=O)C(C)Oc1cc(Br)ccc1[C@H](C)O. The Kier molecular flexibility index (Phi) is 4.96. The number of rotatable bonds is 4. The highest BCUT2D eigenvalue weighted by Crippen LogP contribution is 2.29. The molecule has 0 saturated heterocycles. The van der Waals surface area contributed by atoms with Crippen LogP contribution in [0.25, 0.3) is 0 Å². The van der Waals surface area contributed by atoms with Gasteiger partial charge in [0.05, 0.1) is 6.10 Å². The fraction of sp³-hybridized carbons (Fsp3) is 0.417. The first-order valence-electron chi connectivity index (χ1n) is 5.31. The molecule has 17 heavy (non-hydrogen) atoms. The number of hydrogen-bond acceptors (Lipinski definition) is 3. The predicted molar refractivity (Wildman–Crippen MR) is 68.9 cm³/mol. The summed E-state index contributed by atoms with van der Waals surface area (Å²) in [7, 11) is 1.55. The van der Waals surface area contributed by atoms with Gasteiger partial charge in [-0.25, -0.2) is 0 Å². The van der Waals surface area contributed by atoms with Gasteiger partial charge in [-0.05, 0) is 26.0 Å². The summed E-state index contributed by atoms with van der Waals surface area (Å²) in [6.45, 7) is 3.31. The average Bonchev–Trinajstić information content (AvgIpc) is 2.27. The van der Waals surface area contributed by atoms with Crippen LogP contribution in [0.2, 0.25) is 0 Å². The number of aliphatic hydroxyl groups excluding tert-OH is 1. The molecule has 0 radical (unpaired) electrons. The lowest BCUT2D eigenvalue weighted by Crippen LogP contribution is -2.34. The summed E-state index contributed by atoms with van der Waals surface area (Å²) >= 11 is 3.33. The van der Waals surface area contributed by atoms with E-state index in [4.69, 9.17) is 4.74 Å². The van der Waals surface area contributed by atoms with E-state index >= 15 is 0 Å². The molecule has 1 aromatic rings. The molecule has 0 aliphatic carbocycles. The second-order valence-electron chi connectivity index (χ2n) is 3.73. The first-order chi connectivity index (χ1) is 7.95. The smallest absolute Gasteiger partial charge is 0.260 e. The molecule has 0 spiro atoms. The Balaban J connectivity index is 2.96. The van der Waals surface area contributed by atoms with Gasteiger partial charge in [-0.3, -0.25) is 4.79 Å². The molecular weight excluding hydrogens is 286 g/mol. The Hall–Kier alpha value is -1.07. The van der Waals surface area contributed by atoms with Crippen molar-refractivity contribution in [2.24, 2.45) is 0 Å². The zero-order valence-corrected chi connectivity index (χ0v) is 11.6. The van der Waals surface area contributed by atoms with Crippen molar-refractivity contribution in [2.75, 3.05) is 7.05 Å². The highest BCUT2D eigenvalue weighted by Gasteiger charge is 2.16. The van der Waals surface area contributed by atoms with Crippen molar-refractivity contribution in [2.45, 2.75) is 26.1 Å². The number of benzene rings is 1. The van der Waals surface area contributed by atoms with Gasteiger partial charge in [0.15, 0.2) is 6.10 Å². The van der Waals surface area contributed by atoms with E-state index in [1.54, 1.807) is 33.0 Å². The summed E-state index contributed by atoms with van der Waals surface area (Å²) in [5, 5.41) is 12.1. The number of nitrogens with one attached hydrogen (secondary N) is 1. The molecule has 0 aliphatic rings. The topological polar surface area (TPSA) is 58.6 Å². The minimum absolute atomic E-state index is 0.207. The summed E-state index contributed by atoms with van der Waals surface area (Å²) in [5.74, 6) is 0.298. The molecule has 0 heterocycles. The molecule has 2 atom stereocenters.